The fourth-order valence-electron chi connectivity index (χ4n) is 4.78. The van der Waals surface area contributed by atoms with Crippen LogP contribution in [-0.2, 0) is 6.54 Å². The number of hydrogen-bond acceptors (Lipinski definition) is 5. The molecule has 3 aromatic heterocycles. The van der Waals surface area contributed by atoms with Gasteiger partial charge in [-0.1, -0.05) is 66.2 Å². The van der Waals surface area contributed by atoms with Crippen LogP contribution in [0.25, 0.3) is 16.7 Å². The number of benzene rings is 3. The van der Waals surface area contributed by atoms with E-state index in [1.54, 1.807) is 71.4 Å². The highest BCUT2D eigenvalue weighted by atomic mass is 35.5. The molecule has 8 nitrogen and oxygen atoms in total. The zero-order valence-electron chi connectivity index (χ0n) is 21.9. The molecule has 0 aliphatic carbocycles. The molecule has 0 aliphatic rings. The van der Waals surface area contributed by atoms with Crippen molar-refractivity contribution in [2.24, 2.45) is 4.99 Å². The van der Waals surface area contributed by atoms with Crippen molar-refractivity contribution in [1.29, 1.82) is 5.26 Å². The molecule has 0 radical (unpaired) electrons. The molecular formula is C33H20ClN5O3. The Morgan fingerprint density at radius 2 is 1.57 bits per heavy atom. The van der Waals surface area contributed by atoms with Crippen LogP contribution in [0.4, 0.5) is 0 Å². The summed E-state index contributed by atoms with van der Waals surface area (Å²) in [6, 6.07) is 30.8. The van der Waals surface area contributed by atoms with Gasteiger partial charge in [0.2, 0.25) is 0 Å². The Labute approximate surface area is 244 Å². The molecule has 0 bridgehead atoms. The Balaban J connectivity index is 1.60. The fraction of sp³-hybridized carbons (Fsp3) is 0.0303. The molecular weight excluding hydrogens is 550 g/mol. The van der Waals surface area contributed by atoms with E-state index in [-0.39, 0.29) is 51.1 Å². The summed E-state index contributed by atoms with van der Waals surface area (Å²) in [5, 5.41) is 10.8. The second kappa shape index (κ2) is 11.1. The molecule has 3 heterocycles. The van der Waals surface area contributed by atoms with Crippen molar-refractivity contribution in [1.82, 2.24) is 14.0 Å². The lowest BCUT2D eigenvalue weighted by Gasteiger charge is -2.14. The number of carbonyl (C=O) groups excluding carboxylic acids is 2. The third-order valence-electron chi connectivity index (χ3n) is 6.81. The second-order valence-corrected chi connectivity index (χ2v) is 9.88. The van der Waals surface area contributed by atoms with E-state index in [2.05, 4.69) is 11.1 Å². The quantitative estimate of drug-likeness (QED) is 0.209. The lowest BCUT2D eigenvalue weighted by atomic mass is 9.98. The Morgan fingerprint density at radius 3 is 2.31 bits per heavy atom. The van der Waals surface area contributed by atoms with Gasteiger partial charge in [-0.05, 0) is 54.1 Å². The molecule has 9 heteroatoms. The molecule has 6 rings (SSSR count). The average Bonchev–Trinajstić information content (AvgIpc) is 3.03. The van der Waals surface area contributed by atoms with Crippen LogP contribution in [0.15, 0.2) is 119 Å². The summed E-state index contributed by atoms with van der Waals surface area (Å²) in [4.78, 5) is 49.7. The van der Waals surface area contributed by atoms with Crippen LogP contribution < -0.4 is 11.0 Å². The number of amides is 1. The summed E-state index contributed by atoms with van der Waals surface area (Å²) in [6.07, 6.45) is 1.61. The van der Waals surface area contributed by atoms with Crippen LogP contribution in [0.3, 0.4) is 0 Å². The Morgan fingerprint density at radius 1 is 0.881 bits per heavy atom. The van der Waals surface area contributed by atoms with Crippen molar-refractivity contribution in [3.8, 4) is 6.07 Å². The summed E-state index contributed by atoms with van der Waals surface area (Å²) in [5.41, 5.74) is 1.79. The Kier molecular flexibility index (Phi) is 7.01. The van der Waals surface area contributed by atoms with Crippen LogP contribution in [-0.4, -0.2) is 25.6 Å². The van der Waals surface area contributed by atoms with E-state index in [9.17, 15) is 19.6 Å². The minimum atomic E-state index is -0.719. The minimum absolute atomic E-state index is 0.0167. The molecule has 0 saturated heterocycles. The summed E-state index contributed by atoms with van der Waals surface area (Å²) in [7, 11) is 0. The van der Waals surface area contributed by atoms with E-state index < -0.39 is 5.91 Å². The van der Waals surface area contributed by atoms with Gasteiger partial charge in [-0.2, -0.15) is 10.3 Å². The average molecular weight is 570 g/mol. The molecule has 0 unspecified atom stereocenters. The van der Waals surface area contributed by atoms with Gasteiger partial charge in [-0.15, -0.1) is 0 Å². The predicted octanol–water partition coefficient (Wildman–Crippen LogP) is 5.19. The monoisotopic (exact) mass is 569 g/mol. The first-order valence-corrected chi connectivity index (χ1v) is 13.3. The number of halogens is 1. The smallest absolute Gasteiger partial charge is 0.279 e. The maximum Gasteiger partial charge on any atom is 0.279 e. The van der Waals surface area contributed by atoms with Gasteiger partial charge in [-0.25, -0.2) is 4.98 Å². The van der Waals surface area contributed by atoms with Crippen LogP contribution in [0.2, 0.25) is 5.02 Å². The van der Waals surface area contributed by atoms with Crippen molar-refractivity contribution in [3.05, 3.63) is 158 Å². The number of carbonyl (C=O) groups is 2. The van der Waals surface area contributed by atoms with E-state index in [4.69, 9.17) is 16.6 Å². The molecule has 1 amide bonds. The Hall–Kier alpha value is -5.65. The molecule has 0 fully saturated rings. The number of nitriles is 1. The number of aromatic nitrogens is 3. The minimum Gasteiger partial charge on any atom is -0.305 e. The number of pyridine rings is 2. The highest BCUT2D eigenvalue weighted by molar-refractivity contribution is 6.30. The highest BCUT2D eigenvalue weighted by Crippen LogP contribution is 2.18. The predicted molar refractivity (Wildman–Crippen MR) is 158 cm³/mol. The maximum absolute atomic E-state index is 13.8. The van der Waals surface area contributed by atoms with Gasteiger partial charge < -0.3 is 4.57 Å². The molecule has 3 aromatic carbocycles. The van der Waals surface area contributed by atoms with E-state index in [1.165, 1.54) is 16.5 Å². The first-order chi connectivity index (χ1) is 20.4. The fourth-order valence-corrected chi connectivity index (χ4v) is 4.90. The molecule has 202 valence electrons. The van der Waals surface area contributed by atoms with Gasteiger partial charge >= 0.3 is 0 Å². The van der Waals surface area contributed by atoms with E-state index >= 15 is 0 Å². The summed E-state index contributed by atoms with van der Waals surface area (Å²) >= 11 is 5.98. The standard InChI is InChI=1S/C33H20ClN5O3/c34-24-15-13-22(14-16-24)29(40)25-10-4-5-11-26(25)32(41)37-30-23(19-35)18-27-31(39(30)20-21-8-2-1-3-9-21)36-28-12-6-7-17-38(28)33(27)42/h1-18H,20H2. The van der Waals surface area contributed by atoms with E-state index in [0.717, 1.165) is 5.56 Å². The molecule has 6 aromatic rings. The zero-order valence-corrected chi connectivity index (χ0v) is 22.7. The third-order valence-corrected chi connectivity index (χ3v) is 7.06. The normalized spacial score (nSPS) is 11.5. The first kappa shape index (κ1) is 26.6. The Bertz CT molecular complexity index is 2200. The number of ketones is 1. The summed E-state index contributed by atoms with van der Waals surface area (Å²) in [5.74, 6) is -1.09. The van der Waals surface area contributed by atoms with E-state index in [0.29, 0.717) is 16.2 Å². The van der Waals surface area contributed by atoms with Gasteiger partial charge in [0.1, 0.15) is 17.4 Å². The van der Waals surface area contributed by atoms with Crippen LogP contribution >= 0.6 is 11.6 Å². The number of fused-ring (bicyclic) bond motifs is 2. The SMILES string of the molecule is N#Cc1cc2c(=O)n3ccccc3nc2n(Cc2ccccc2)c1=NC(=O)c1ccccc1C(=O)c1ccc(Cl)cc1. The number of nitrogens with zero attached hydrogens (tertiary/aromatic N) is 5. The number of hydrogen-bond donors (Lipinski definition) is 0. The maximum atomic E-state index is 13.8. The zero-order chi connectivity index (χ0) is 29.2. The van der Waals surface area contributed by atoms with Crippen LogP contribution in [0.1, 0.15) is 37.4 Å². The van der Waals surface area contributed by atoms with Crippen molar-refractivity contribution >= 4 is 40.0 Å². The third kappa shape index (κ3) is 4.89. The van der Waals surface area contributed by atoms with Crippen LogP contribution in [0.5, 0.6) is 0 Å². The van der Waals surface area contributed by atoms with Crippen molar-refractivity contribution in [3.63, 3.8) is 0 Å². The van der Waals surface area contributed by atoms with Crippen molar-refractivity contribution in [2.45, 2.75) is 6.54 Å². The molecule has 42 heavy (non-hydrogen) atoms. The van der Waals surface area contributed by atoms with Gasteiger partial charge in [0.05, 0.1) is 23.1 Å². The largest absolute Gasteiger partial charge is 0.305 e. The molecule has 0 saturated carbocycles. The molecule has 0 aliphatic heterocycles. The number of rotatable bonds is 5. The van der Waals surface area contributed by atoms with Crippen molar-refractivity contribution in [2.75, 3.05) is 0 Å². The van der Waals surface area contributed by atoms with E-state index in [1.807, 2.05) is 30.3 Å². The van der Waals surface area contributed by atoms with Gasteiger partial charge in [0.25, 0.3) is 11.5 Å². The van der Waals surface area contributed by atoms with Gasteiger partial charge in [0.15, 0.2) is 11.3 Å². The van der Waals surface area contributed by atoms with Crippen LogP contribution in [0, 0.1) is 11.3 Å². The van der Waals surface area contributed by atoms with Gasteiger partial charge in [0, 0.05) is 22.3 Å². The van der Waals surface area contributed by atoms with Gasteiger partial charge in [-0.3, -0.25) is 18.8 Å². The first-order valence-electron chi connectivity index (χ1n) is 12.9. The highest BCUT2D eigenvalue weighted by Gasteiger charge is 2.20. The summed E-state index contributed by atoms with van der Waals surface area (Å²) < 4.78 is 3.00. The molecule has 0 spiro atoms. The molecule has 0 N–H and O–H groups in total. The second-order valence-electron chi connectivity index (χ2n) is 9.45. The topological polar surface area (TPSA) is 110 Å². The lowest BCUT2D eigenvalue weighted by Crippen LogP contribution is -2.30. The lowest BCUT2D eigenvalue weighted by molar-refractivity contribution is 0.0979. The summed E-state index contributed by atoms with van der Waals surface area (Å²) in [6.45, 7) is 0.180. The van der Waals surface area contributed by atoms with Crippen molar-refractivity contribution < 1.29 is 9.59 Å². The molecule has 0 atom stereocenters.